The predicted molar refractivity (Wildman–Crippen MR) is 73.7 cm³/mol. The van der Waals surface area contributed by atoms with Crippen LogP contribution in [0, 0.1) is 0 Å². The molecule has 1 unspecified atom stereocenters. The maximum atomic E-state index is 12.0. The smallest absolute Gasteiger partial charge is 0.387 e. The highest BCUT2D eigenvalue weighted by molar-refractivity contribution is 5.94. The third kappa shape index (κ3) is 4.05. The number of halogens is 2. The number of amides is 1. The first kappa shape index (κ1) is 16.0. The summed E-state index contributed by atoms with van der Waals surface area (Å²) in [5, 5.41) is 12.8. The summed E-state index contributed by atoms with van der Waals surface area (Å²) in [5.41, 5.74) is -1.09. The second-order valence-electron chi connectivity index (χ2n) is 4.84. The first-order chi connectivity index (χ1) is 10.4. The van der Waals surface area contributed by atoms with Crippen molar-refractivity contribution >= 4 is 5.91 Å². The van der Waals surface area contributed by atoms with E-state index in [1.165, 1.54) is 37.5 Å². The van der Waals surface area contributed by atoms with E-state index in [1.807, 2.05) is 0 Å². The number of nitrogens with one attached hydrogen (secondary N) is 1. The number of furan rings is 1. The van der Waals surface area contributed by atoms with Crippen LogP contribution >= 0.6 is 0 Å². The van der Waals surface area contributed by atoms with Gasteiger partial charge < -0.3 is 19.6 Å². The molecule has 118 valence electrons. The van der Waals surface area contributed by atoms with Gasteiger partial charge in [-0.3, -0.25) is 4.79 Å². The summed E-state index contributed by atoms with van der Waals surface area (Å²) in [6, 6.07) is 8.48. The number of carbonyl (C=O) groups is 1. The van der Waals surface area contributed by atoms with E-state index in [-0.39, 0.29) is 17.9 Å². The number of rotatable bonds is 6. The molecule has 0 aliphatic rings. The highest BCUT2D eigenvalue weighted by atomic mass is 19.3. The van der Waals surface area contributed by atoms with Crippen molar-refractivity contribution in [3.63, 3.8) is 0 Å². The Morgan fingerprint density at radius 2 is 2.05 bits per heavy atom. The molecule has 7 heteroatoms. The molecule has 0 spiro atoms. The largest absolute Gasteiger partial charge is 0.466 e. The van der Waals surface area contributed by atoms with Gasteiger partial charge in [0.05, 0.1) is 12.8 Å². The second kappa shape index (κ2) is 6.57. The summed E-state index contributed by atoms with van der Waals surface area (Å²) in [6.07, 6.45) is 1.42. The van der Waals surface area contributed by atoms with Crippen molar-refractivity contribution in [3.8, 4) is 5.75 Å². The molecular weight excluding hydrogens is 296 g/mol. The summed E-state index contributed by atoms with van der Waals surface area (Å²) in [4.78, 5) is 12.0. The number of benzene rings is 1. The second-order valence-corrected chi connectivity index (χ2v) is 4.84. The number of carbonyl (C=O) groups excluding carboxylic acids is 1. The van der Waals surface area contributed by atoms with Gasteiger partial charge in [0.25, 0.3) is 5.91 Å². The Bertz CT molecular complexity index is 609. The molecule has 0 aliphatic heterocycles. The van der Waals surface area contributed by atoms with E-state index in [2.05, 4.69) is 10.1 Å². The van der Waals surface area contributed by atoms with Crippen molar-refractivity contribution in [1.82, 2.24) is 5.32 Å². The lowest BCUT2D eigenvalue weighted by Gasteiger charge is -2.21. The molecular formula is C15H15F2NO4. The number of hydrogen-bond donors (Lipinski definition) is 2. The monoisotopic (exact) mass is 311 g/mol. The molecule has 1 atom stereocenters. The molecule has 5 nitrogen and oxygen atoms in total. The van der Waals surface area contributed by atoms with Crippen molar-refractivity contribution in [2.75, 3.05) is 6.54 Å². The Morgan fingerprint density at radius 1 is 1.36 bits per heavy atom. The molecule has 1 amide bonds. The van der Waals surface area contributed by atoms with Crippen LogP contribution in [-0.2, 0) is 5.60 Å². The lowest BCUT2D eigenvalue weighted by Crippen LogP contribution is -2.38. The molecule has 0 saturated heterocycles. The maximum Gasteiger partial charge on any atom is 0.387 e. The van der Waals surface area contributed by atoms with Crippen LogP contribution in [0.2, 0.25) is 0 Å². The molecule has 0 aliphatic carbocycles. The summed E-state index contributed by atoms with van der Waals surface area (Å²) in [5.74, 6) is -0.155. The van der Waals surface area contributed by atoms with E-state index in [1.54, 1.807) is 12.1 Å². The Balaban J connectivity index is 1.95. The highest BCUT2D eigenvalue weighted by Crippen LogP contribution is 2.20. The van der Waals surface area contributed by atoms with Crippen molar-refractivity contribution < 1.29 is 27.8 Å². The van der Waals surface area contributed by atoms with Crippen LogP contribution in [0.1, 0.15) is 23.0 Å². The zero-order valence-electron chi connectivity index (χ0n) is 11.8. The molecule has 2 N–H and O–H groups in total. The van der Waals surface area contributed by atoms with Gasteiger partial charge in [0.2, 0.25) is 0 Å². The molecule has 2 rings (SSSR count). The average molecular weight is 311 g/mol. The lowest BCUT2D eigenvalue weighted by atomic mass is 10.0. The average Bonchev–Trinajstić information content (AvgIpc) is 3.00. The van der Waals surface area contributed by atoms with E-state index in [4.69, 9.17) is 4.42 Å². The predicted octanol–water partition coefficient (Wildman–Crippen LogP) is 2.52. The molecule has 22 heavy (non-hydrogen) atoms. The molecule has 1 aromatic carbocycles. The van der Waals surface area contributed by atoms with Crippen LogP contribution in [-0.4, -0.2) is 24.2 Å². The summed E-state index contributed by atoms with van der Waals surface area (Å²) in [6.45, 7) is -1.47. The summed E-state index contributed by atoms with van der Waals surface area (Å²) < 4.78 is 33.4. The fourth-order valence-corrected chi connectivity index (χ4v) is 1.81. The van der Waals surface area contributed by atoms with Crippen LogP contribution in [0.15, 0.2) is 47.1 Å². The van der Waals surface area contributed by atoms with Gasteiger partial charge in [-0.15, -0.1) is 0 Å². The van der Waals surface area contributed by atoms with E-state index >= 15 is 0 Å². The Morgan fingerprint density at radius 3 is 2.59 bits per heavy atom. The number of ether oxygens (including phenoxy) is 1. The van der Waals surface area contributed by atoms with Crippen molar-refractivity contribution in [1.29, 1.82) is 0 Å². The molecule has 0 saturated carbocycles. The van der Waals surface area contributed by atoms with Crippen molar-refractivity contribution in [2.45, 2.75) is 19.1 Å². The quantitative estimate of drug-likeness (QED) is 0.860. The summed E-state index contributed by atoms with van der Waals surface area (Å²) in [7, 11) is 0. The van der Waals surface area contributed by atoms with E-state index in [0.717, 1.165) is 0 Å². The van der Waals surface area contributed by atoms with Gasteiger partial charge >= 0.3 is 6.61 Å². The Hall–Kier alpha value is -2.41. The minimum absolute atomic E-state index is 0.0332. The molecule has 0 fully saturated rings. The number of alkyl halides is 2. The van der Waals surface area contributed by atoms with Gasteiger partial charge in [-0.1, -0.05) is 0 Å². The number of aliphatic hydroxyl groups is 1. The van der Waals surface area contributed by atoms with Crippen LogP contribution in [0.4, 0.5) is 8.78 Å². The Labute approximate surface area is 125 Å². The van der Waals surface area contributed by atoms with Gasteiger partial charge in [-0.05, 0) is 43.3 Å². The first-order valence-corrected chi connectivity index (χ1v) is 6.48. The van der Waals surface area contributed by atoms with E-state index < -0.39 is 18.1 Å². The van der Waals surface area contributed by atoms with Crippen LogP contribution in [0.3, 0.4) is 0 Å². The van der Waals surface area contributed by atoms with Gasteiger partial charge in [-0.2, -0.15) is 8.78 Å². The van der Waals surface area contributed by atoms with Gasteiger partial charge in [-0.25, -0.2) is 0 Å². The zero-order valence-corrected chi connectivity index (χ0v) is 11.8. The maximum absolute atomic E-state index is 12.0. The standard InChI is InChI=1S/C15H15F2NO4/c1-15(20,12-3-2-8-21-12)9-18-13(19)10-4-6-11(7-5-10)22-14(16)17/h2-8,14,20H,9H2,1H3,(H,18,19). The zero-order chi connectivity index (χ0) is 16.2. The first-order valence-electron chi connectivity index (χ1n) is 6.48. The molecule has 0 radical (unpaired) electrons. The topological polar surface area (TPSA) is 71.7 Å². The third-order valence-electron chi connectivity index (χ3n) is 2.99. The lowest BCUT2D eigenvalue weighted by molar-refractivity contribution is -0.0498. The third-order valence-corrected chi connectivity index (χ3v) is 2.99. The molecule has 1 aromatic heterocycles. The molecule has 2 aromatic rings. The van der Waals surface area contributed by atoms with E-state index in [9.17, 15) is 18.7 Å². The Kier molecular flexibility index (Phi) is 4.77. The molecule has 1 heterocycles. The minimum Gasteiger partial charge on any atom is -0.466 e. The fourth-order valence-electron chi connectivity index (χ4n) is 1.81. The fraction of sp³-hybridized carbons (Fsp3) is 0.267. The van der Waals surface area contributed by atoms with Crippen molar-refractivity contribution in [3.05, 3.63) is 54.0 Å². The summed E-state index contributed by atoms with van der Waals surface area (Å²) >= 11 is 0. The van der Waals surface area contributed by atoms with Crippen molar-refractivity contribution in [2.24, 2.45) is 0 Å². The van der Waals surface area contributed by atoms with Crippen LogP contribution in [0.5, 0.6) is 5.75 Å². The van der Waals surface area contributed by atoms with Gasteiger partial charge in [0.15, 0.2) is 0 Å². The SMILES string of the molecule is CC(O)(CNC(=O)c1ccc(OC(F)F)cc1)c1ccco1. The number of hydrogen-bond acceptors (Lipinski definition) is 4. The highest BCUT2D eigenvalue weighted by Gasteiger charge is 2.26. The van der Waals surface area contributed by atoms with Gasteiger partial charge in [0.1, 0.15) is 17.1 Å². The van der Waals surface area contributed by atoms with Crippen LogP contribution in [0.25, 0.3) is 0 Å². The normalized spacial score (nSPS) is 13.7. The van der Waals surface area contributed by atoms with Crippen LogP contribution < -0.4 is 10.1 Å². The van der Waals surface area contributed by atoms with Gasteiger partial charge in [0, 0.05) is 5.56 Å². The minimum atomic E-state index is -2.91. The molecule has 0 bridgehead atoms. The van der Waals surface area contributed by atoms with E-state index in [0.29, 0.717) is 5.76 Å².